The van der Waals surface area contributed by atoms with Crippen molar-refractivity contribution >= 4 is 11.9 Å². The van der Waals surface area contributed by atoms with Gasteiger partial charge < -0.3 is 45.1 Å². The molecule has 1 aliphatic rings. The number of carbonyl (C=O) groups is 2. The Kier molecular flexibility index (Phi) is 48.5. The third-order valence-electron chi connectivity index (χ3n) is 14.6. The molecule has 1 saturated heterocycles. The van der Waals surface area contributed by atoms with Crippen LogP contribution in [0.4, 0.5) is 0 Å². The van der Waals surface area contributed by atoms with Gasteiger partial charge in [-0.1, -0.05) is 244 Å². The number of hydrogen-bond donors (Lipinski definition) is 6. The Bertz CT molecular complexity index is 1250. The number of hydrogen-bond acceptors (Lipinski definition) is 10. The van der Waals surface area contributed by atoms with Gasteiger partial charge in [0.1, 0.15) is 24.4 Å². The molecule has 1 rings (SSSR count). The van der Waals surface area contributed by atoms with Crippen LogP contribution in [0.3, 0.4) is 0 Å². The van der Waals surface area contributed by atoms with E-state index in [2.05, 4.69) is 31.3 Å². The molecule has 11 heteroatoms. The normalized spacial score (nSPS) is 19.1. The molecule has 0 saturated carbocycles. The third kappa shape index (κ3) is 40.5. The second-order valence-electron chi connectivity index (χ2n) is 21.4. The zero-order valence-corrected chi connectivity index (χ0v) is 46.7. The topological polar surface area (TPSA) is 175 Å². The molecule has 6 N–H and O–H groups in total. The molecule has 0 spiro atoms. The molecular formula is C61H115NO10. The number of nitrogens with one attached hydrogen (secondary N) is 1. The first-order chi connectivity index (χ1) is 35.2. The summed E-state index contributed by atoms with van der Waals surface area (Å²) in [5.74, 6) is -0.187. The number of carbonyl (C=O) groups excluding carboxylic acids is 2. The maximum atomic E-state index is 13.0. The third-order valence-corrected chi connectivity index (χ3v) is 14.6. The SMILES string of the molecule is CCCCCCCCC/C=C/C(O)C(COC1OC(CO)C(O)C(O)C1O)NC(=O)CCCCCCCCCC/C=C\CCCCCCCCCCCCCCOC(=O)CCCCCCCCCCCCC. The lowest BCUT2D eigenvalue weighted by Crippen LogP contribution is -2.60. The first-order valence-electron chi connectivity index (χ1n) is 30.6. The Morgan fingerprint density at radius 2 is 0.889 bits per heavy atom. The van der Waals surface area contributed by atoms with Gasteiger partial charge in [0.2, 0.25) is 5.91 Å². The van der Waals surface area contributed by atoms with E-state index in [-0.39, 0.29) is 18.5 Å². The smallest absolute Gasteiger partial charge is 0.305 e. The number of aliphatic hydroxyl groups is 5. The number of unbranched alkanes of at least 4 members (excludes halogenated alkanes) is 37. The summed E-state index contributed by atoms with van der Waals surface area (Å²) in [4.78, 5) is 25.0. The fourth-order valence-corrected chi connectivity index (χ4v) is 9.67. The van der Waals surface area contributed by atoms with Crippen molar-refractivity contribution < 1.29 is 49.3 Å². The summed E-state index contributed by atoms with van der Waals surface area (Å²) in [6.07, 6.45) is 51.5. The average Bonchev–Trinajstić information content (AvgIpc) is 3.38. The zero-order valence-electron chi connectivity index (χ0n) is 46.7. The van der Waals surface area contributed by atoms with Crippen LogP contribution in [-0.2, 0) is 23.8 Å². The van der Waals surface area contributed by atoms with Crippen molar-refractivity contribution in [3.8, 4) is 0 Å². The van der Waals surface area contributed by atoms with E-state index in [1.807, 2.05) is 6.08 Å². The van der Waals surface area contributed by atoms with E-state index in [1.165, 1.54) is 199 Å². The molecule has 0 aliphatic carbocycles. The Balaban J connectivity index is 2.00. The van der Waals surface area contributed by atoms with Gasteiger partial charge >= 0.3 is 5.97 Å². The number of esters is 1. The van der Waals surface area contributed by atoms with Gasteiger partial charge in [-0.05, 0) is 57.8 Å². The van der Waals surface area contributed by atoms with Crippen LogP contribution in [0.15, 0.2) is 24.3 Å². The fraction of sp³-hybridized carbons (Fsp3) is 0.902. The van der Waals surface area contributed by atoms with Gasteiger partial charge in [-0.2, -0.15) is 0 Å². The molecule has 0 bridgehead atoms. The Morgan fingerprint density at radius 1 is 0.500 bits per heavy atom. The predicted molar refractivity (Wildman–Crippen MR) is 297 cm³/mol. The Morgan fingerprint density at radius 3 is 1.33 bits per heavy atom. The lowest BCUT2D eigenvalue weighted by molar-refractivity contribution is -0.302. The molecule has 1 heterocycles. The maximum absolute atomic E-state index is 13.0. The molecule has 7 unspecified atom stereocenters. The van der Waals surface area contributed by atoms with Gasteiger partial charge in [0, 0.05) is 12.8 Å². The number of allylic oxidation sites excluding steroid dienone is 3. The molecule has 1 amide bonds. The summed E-state index contributed by atoms with van der Waals surface area (Å²) in [6.45, 7) is 4.32. The molecule has 0 radical (unpaired) electrons. The van der Waals surface area contributed by atoms with Gasteiger partial charge in [0.25, 0.3) is 0 Å². The van der Waals surface area contributed by atoms with Gasteiger partial charge in [0.05, 0.1) is 32.0 Å². The van der Waals surface area contributed by atoms with E-state index >= 15 is 0 Å². The van der Waals surface area contributed by atoms with Crippen LogP contribution in [0.5, 0.6) is 0 Å². The first-order valence-corrected chi connectivity index (χ1v) is 30.6. The van der Waals surface area contributed by atoms with E-state index < -0.39 is 49.5 Å². The quantitative estimate of drug-likeness (QED) is 0.0195. The highest BCUT2D eigenvalue weighted by Gasteiger charge is 2.44. The summed E-state index contributed by atoms with van der Waals surface area (Å²) in [7, 11) is 0. The van der Waals surface area contributed by atoms with Crippen molar-refractivity contribution in [1.29, 1.82) is 0 Å². The highest BCUT2D eigenvalue weighted by atomic mass is 16.7. The second-order valence-corrected chi connectivity index (χ2v) is 21.4. The van der Waals surface area contributed by atoms with Crippen LogP contribution in [-0.4, -0.2) is 100 Å². The number of ether oxygens (including phenoxy) is 3. The predicted octanol–water partition coefficient (Wildman–Crippen LogP) is 14.1. The summed E-state index contributed by atoms with van der Waals surface area (Å²) in [5.41, 5.74) is 0. The fourth-order valence-electron chi connectivity index (χ4n) is 9.67. The highest BCUT2D eigenvalue weighted by molar-refractivity contribution is 5.76. The summed E-state index contributed by atoms with van der Waals surface area (Å²) in [5, 5.41) is 54.2. The Hall–Kier alpha value is -1.86. The van der Waals surface area contributed by atoms with E-state index in [4.69, 9.17) is 14.2 Å². The summed E-state index contributed by atoms with van der Waals surface area (Å²) >= 11 is 0. The van der Waals surface area contributed by atoms with E-state index in [9.17, 15) is 35.1 Å². The summed E-state index contributed by atoms with van der Waals surface area (Å²) in [6, 6.07) is -0.811. The molecule has 0 aromatic carbocycles. The highest BCUT2D eigenvalue weighted by Crippen LogP contribution is 2.23. The van der Waals surface area contributed by atoms with Gasteiger partial charge in [-0.25, -0.2) is 0 Å². The molecule has 424 valence electrons. The standard InChI is InChI=1S/C61H115NO10/c1-3-5-7-9-11-13-28-33-37-41-45-49-57(66)70-50-46-42-38-34-30-27-25-23-21-19-17-15-14-16-18-20-22-24-26-29-32-36-40-44-48-56(65)62-53(54(64)47-43-39-35-31-12-10-8-6-4-2)52-71-61-60(69)59(68)58(67)55(51-63)72-61/h16,18,43,47,53-55,58-61,63-64,67-69H,3-15,17,19-42,44-46,48-52H2,1-2H3,(H,62,65)/b18-16-,47-43+. The molecular weight excluding hydrogens is 907 g/mol. The summed E-state index contributed by atoms with van der Waals surface area (Å²) < 4.78 is 16.7. The zero-order chi connectivity index (χ0) is 52.4. The van der Waals surface area contributed by atoms with Crippen LogP contribution in [0.2, 0.25) is 0 Å². The largest absolute Gasteiger partial charge is 0.466 e. The molecule has 1 fully saturated rings. The lowest BCUT2D eigenvalue weighted by Gasteiger charge is -2.40. The van der Waals surface area contributed by atoms with Crippen molar-refractivity contribution in [1.82, 2.24) is 5.32 Å². The van der Waals surface area contributed by atoms with Gasteiger partial charge in [0.15, 0.2) is 6.29 Å². The van der Waals surface area contributed by atoms with Crippen LogP contribution in [0.25, 0.3) is 0 Å². The lowest BCUT2D eigenvalue weighted by atomic mass is 9.99. The number of amides is 1. The minimum Gasteiger partial charge on any atom is -0.466 e. The number of aliphatic hydroxyl groups excluding tert-OH is 5. The first kappa shape index (κ1) is 68.2. The monoisotopic (exact) mass is 1020 g/mol. The maximum Gasteiger partial charge on any atom is 0.305 e. The van der Waals surface area contributed by atoms with Crippen LogP contribution < -0.4 is 5.32 Å². The van der Waals surface area contributed by atoms with Crippen molar-refractivity contribution in [3.63, 3.8) is 0 Å². The van der Waals surface area contributed by atoms with Crippen molar-refractivity contribution in [2.24, 2.45) is 0 Å². The van der Waals surface area contributed by atoms with E-state index in [0.29, 0.717) is 19.4 Å². The molecule has 7 atom stereocenters. The van der Waals surface area contributed by atoms with Crippen molar-refractivity contribution in [2.45, 2.75) is 333 Å². The van der Waals surface area contributed by atoms with E-state index in [1.54, 1.807) is 6.08 Å². The average molecular weight is 1020 g/mol. The van der Waals surface area contributed by atoms with E-state index in [0.717, 1.165) is 64.2 Å². The van der Waals surface area contributed by atoms with Crippen molar-refractivity contribution in [2.75, 3.05) is 19.8 Å². The van der Waals surface area contributed by atoms with Gasteiger partial charge in [-0.15, -0.1) is 0 Å². The molecule has 0 aromatic rings. The number of rotatable bonds is 53. The minimum atomic E-state index is -1.57. The molecule has 11 nitrogen and oxygen atoms in total. The van der Waals surface area contributed by atoms with Crippen molar-refractivity contribution in [3.05, 3.63) is 24.3 Å². The minimum absolute atomic E-state index is 0.00104. The van der Waals surface area contributed by atoms with Crippen LogP contribution in [0.1, 0.15) is 290 Å². The van der Waals surface area contributed by atoms with Crippen LogP contribution >= 0.6 is 0 Å². The molecule has 1 aliphatic heterocycles. The van der Waals surface area contributed by atoms with Gasteiger partial charge in [-0.3, -0.25) is 9.59 Å². The molecule has 0 aromatic heterocycles. The van der Waals surface area contributed by atoms with Crippen LogP contribution in [0, 0.1) is 0 Å². The molecule has 72 heavy (non-hydrogen) atoms. The Labute approximate surface area is 441 Å². The second kappa shape index (κ2) is 51.3.